The van der Waals surface area contributed by atoms with Crippen LogP contribution >= 0.6 is 34.5 Å². The van der Waals surface area contributed by atoms with Gasteiger partial charge in [0.25, 0.3) is 0 Å². The smallest absolute Gasteiger partial charge is 0.141 e. The van der Waals surface area contributed by atoms with Crippen molar-refractivity contribution >= 4 is 62.5 Å². The Bertz CT molecular complexity index is 1840. The second kappa shape index (κ2) is 11.1. The molecule has 9 nitrogen and oxygen atoms in total. The summed E-state index contributed by atoms with van der Waals surface area (Å²) < 4.78 is 19.2. The van der Waals surface area contributed by atoms with Gasteiger partial charge in [0.15, 0.2) is 0 Å². The van der Waals surface area contributed by atoms with Crippen molar-refractivity contribution in [1.29, 1.82) is 5.26 Å². The molecule has 2 aromatic carbocycles. The number of thiophene rings is 1. The normalized spacial score (nSPS) is 16.0. The van der Waals surface area contributed by atoms with E-state index in [1.807, 2.05) is 12.1 Å². The molecule has 1 saturated heterocycles. The topological polar surface area (TPSA) is 115 Å². The van der Waals surface area contributed by atoms with Crippen molar-refractivity contribution in [2.24, 2.45) is 0 Å². The molecule has 212 valence electrons. The monoisotopic (exact) mass is 620 g/mol. The first-order chi connectivity index (χ1) is 20.5. The summed E-state index contributed by atoms with van der Waals surface area (Å²) in [4.78, 5) is 8.29. The zero-order chi connectivity index (χ0) is 28.8. The van der Waals surface area contributed by atoms with Gasteiger partial charge in [-0.2, -0.15) is 20.7 Å². The SMILES string of the molecule is N#Cc1cnc2c(Cl)cc(NC(c3cn[nH]n3)c3csc4c3CCN(C3COC3)C4)cc2c1Nc1ccc(F)c(Cl)c1. The standard InChI is InChI=1S/C29H23Cl2FN8OS/c30-22-6-16(1-2-24(22)32)36-27-15(8-33)9-34-28-20(27)5-17(7-23(28)31)37-29(25-10-35-39-38-25)21-14-42-26-11-40(4-3-19(21)26)18-12-41-13-18/h1-2,5-7,9-10,14,18,29,37H,3-4,11-13H2,(H,34,36)(H,35,38,39). The highest BCUT2D eigenvalue weighted by molar-refractivity contribution is 7.10. The van der Waals surface area contributed by atoms with Gasteiger partial charge in [0.1, 0.15) is 17.6 Å². The Hall–Kier alpha value is -3.79. The third-order valence-electron chi connectivity index (χ3n) is 7.73. The zero-order valence-corrected chi connectivity index (χ0v) is 24.3. The number of nitriles is 1. The third-order valence-corrected chi connectivity index (χ3v) is 9.34. The van der Waals surface area contributed by atoms with E-state index in [4.69, 9.17) is 27.9 Å². The second-order valence-corrected chi connectivity index (χ2v) is 12.0. The van der Waals surface area contributed by atoms with Crippen molar-refractivity contribution in [2.75, 3.05) is 30.4 Å². The van der Waals surface area contributed by atoms with Gasteiger partial charge in [0, 0.05) is 40.9 Å². The van der Waals surface area contributed by atoms with Gasteiger partial charge in [-0.1, -0.05) is 23.2 Å². The summed E-state index contributed by atoms with van der Waals surface area (Å²) in [5.41, 5.74) is 5.75. The highest BCUT2D eigenvalue weighted by Gasteiger charge is 2.32. The molecule has 1 fully saturated rings. The largest absolute Gasteiger partial charge is 0.378 e. The van der Waals surface area contributed by atoms with Gasteiger partial charge in [-0.3, -0.25) is 9.88 Å². The highest BCUT2D eigenvalue weighted by atomic mass is 35.5. The summed E-state index contributed by atoms with van der Waals surface area (Å²) in [5.74, 6) is -0.531. The van der Waals surface area contributed by atoms with Crippen LogP contribution in [0.1, 0.15) is 33.3 Å². The summed E-state index contributed by atoms with van der Waals surface area (Å²) >= 11 is 14.5. The molecule has 0 bridgehead atoms. The molecule has 7 rings (SSSR count). The number of nitrogens with one attached hydrogen (secondary N) is 3. The van der Waals surface area contributed by atoms with Crippen LogP contribution in [-0.4, -0.2) is 51.1 Å². The van der Waals surface area contributed by atoms with E-state index in [9.17, 15) is 9.65 Å². The zero-order valence-electron chi connectivity index (χ0n) is 22.0. The number of hydrogen-bond donors (Lipinski definition) is 3. The first kappa shape index (κ1) is 27.1. The number of anilines is 3. The highest BCUT2D eigenvalue weighted by Crippen LogP contribution is 2.40. The number of hydrogen-bond acceptors (Lipinski definition) is 9. The molecule has 3 aromatic heterocycles. The van der Waals surface area contributed by atoms with Crippen LogP contribution in [0.5, 0.6) is 0 Å². The van der Waals surface area contributed by atoms with E-state index in [-0.39, 0.29) is 11.1 Å². The van der Waals surface area contributed by atoms with Gasteiger partial charge in [-0.15, -0.1) is 11.3 Å². The molecule has 42 heavy (non-hydrogen) atoms. The van der Waals surface area contributed by atoms with Crippen molar-refractivity contribution in [1.82, 2.24) is 25.3 Å². The van der Waals surface area contributed by atoms with Crippen LogP contribution in [0.15, 0.2) is 48.1 Å². The maximum atomic E-state index is 13.8. The minimum Gasteiger partial charge on any atom is -0.378 e. The molecule has 2 aliphatic rings. The molecule has 0 spiro atoms. The third kappa shape index (κ3) is 4.95. The van der Waals surface area contributed by atoms with Gasteiger partial charge in [-0.25, -0.2) is 4.39 Å². The maximum absolute atomic E-state index is 13.8. The van der Waals surface area contributed by atoms with Gasteiger partial charge >= 0.3 is 0 Å². The fraction of sp³-hybridized carbons (Fsp3) is 0.241. The number of H-pyrrole nitrogens is 1. The number of aromatic amines is 1. The summed E-state index contributed by atoms with van der Waals surface area (Å²) in [6, 6.07) is 10.4. The van der Waals surface area contributed by atoms with Crippen LogP contribution in [-0.2, 0) is 17.7 Å². The molecular formula is C29H23Cl2FN8OS. The molecule has 13 heteroatoms. The molecule has 0 amide bonds. The Kier molecular flexibility index (Phi) is 7.17. The molecule has 0 aliphatic carbocycles. The fourth-order valence-corrected chi connectivity index (χ4v) is 7.07. The average Bonchev–Trinajstić information content (AvgIpc) is 3.64. The molecule has 0 saturated carbocycles. The minimum absolute atomic E-state index is 0.0315. The van der Waals surface area contributed by atoms with Crippen LogP contribution in [0, 0.1) is 17.1 Å². The molecule has 5 aromatic rings. The van der Waals surface area contributed by atoms with Crippen LogP contribution in [0.3, 0.4) is 0 Å². The van der Waals surface area contributed by atoms with E-state index in [1.165, 1.54) is 28.8 Å². The van der Waals surface area contributed by atoms with Crippen LogP contribution < -0.4 is 10.6 Å². The number of rotatable bonds is 7. The van der Waals surface area contributed by atoms with Crippen LogP contribution in [0.2, 0.25) is 10.0 Å². The van der Waals surface area contributed by atoms with E-state index in [0.717, 1.165) is 44.0 Å². The van der Waals surface area contributed by atoms with Gasteiger partial charge in [-0.05, 0) is 53.3 Å². The second-order valence-electron chi connectivity index (χ2n) is 10.2. The quantitative estimate of drug-likeness (QED) is 0.191. The number of pyridine rings is 1. The van der Waals surface area contributed by atoms with Crippen molar-refractivity contribution in [3.8, 4) is 6.07 Å². The molecule has 3 N–H and O–H groups in total. The number of aromatic nitrogens is 4. The lowest BCUT2D eigenvalue weighted by Gasteiger charge is -2.39. The number of benzene rings is 2. The molecular weight excluding hydrogens is 598 g/mol. The number of halogens is 3. The predicted molar refractivity (Wildman–Crippen MR) is 161 cm³/mol. The first-order valence-electron chi connectivity index (χ1n) is 13.3. The van der Waals surface area contributed by atoms with Crippen molar-refractivity contribution < 1.29 is 9.13 Å². The van der Waals surface area contributed by atoms with Gasteiger partial charge < -0.3 is 15.4 Å². The Morgan fingerprint density at radius 2 is 2.02 bits per heavy atom. The Balaban J connectivity index is 1.27. The van der Waals surface area contributed by atoms with Gasteiger partial charge in [0.05, 0.1) is 58.3 Å². The molecule has 2 aliphatic heterocycles. The molecule has 1 unspecified atom stereocenters. The number of fused-ring (bicyclic) bond motifs is 2. The van der Waals surface area contributed by atoms with E-state index in [0.29, 0.717) is 44.6 Å². The summed E-state index contributed by atoms with van der Waals surface area (Å²) in [7, 11) is 0. The Morgan fingerprint density at radius 3 is 2.76 bits per heavy atom. The van der Waals surface area contributed by atoms with E-state index in [2.05, 4.69) is 47.4 Å². The number of ether oxygens (including phenoxy) is 1. The maximum Gasteiger partial charge on any atom is 0.141 e. The minimum atomic E-state index is -0.531. The Morgan fingerprint density at radius 1 is 1.17 bits per heavy atom. The lowest BCUT2D eigenvalue weighted by molar-refractivity contribution is -0.0691. The lowest BCUT2D eigenvalue weighted by Crippen LogP contribution is -2.50. The Labute approximate surface area is 254 Å². The van der Waals surface area contributed by atoms with E-state index >= 15 is 0 Å². The molecule has 1 atom stereocenters. The van der Waals surface area contributed by atoms with Crippen molar-refractivity contribution in [3.05, 3.63) is 91.2 Å². The molecule has 0 radical (unpaired) electrons. The van der Waals surface area contributed by atoms with Gasteiger partial charge in [0.2, 0.25) is 0 Å². The molecule has 5 heterocycles. The summed E-state index contributed by atoms with van der Waals surface area (Å²) in [5, 5.41) is 31.1. The van der Waals surface area contributed by atoms with Crippen molar-refractivity contribution in [2.45, 2.75) is 25.0 Å². The van der Waals surface area contributed by atoms with E-state index < -0.39 is 5.82 Å². The number of nitrogens with zero attached hydrogens (tertiary/aromatic N) is 5. The van der Waals surface area contributed by atoms with E-state index in [1.54, 1.807) is 23.6 Å². The fourth-order valence-electron chi connectivity index (χ4n) is 5.47. The summed E-state index contributed by atoms with van der Waals surface area (Å²) in [6.45, 7) is 3.48. The lowest BCUT2D eigenvalue weighted by atomic mass is 9.95. The van der Waals surface area contributed by atoms with Crippen LogP contribution in [0.25, 0.3) is 10.9 Å². The first-order valence-corrected chi connectivity index (χ1v) is 14.9. The average molecular weight is 622 g/mol. The predicted octanol–water partition coefficient (Wildman–Crippen LogP) is 6.43. The van der Waals surface area contributed by atoms with Crippen molar-refractivity contribution in [3.63, 3.8) is 0 Å². The van der Waals surface area contributed by atoms with Crippen LogP contribution in [0.4, 0.5) is 21.5 Å². The summed E-state index contributed by atoms with van der Waals surface area (Å²) in [6.07, 6.45) is 4.11.